The van der Waals surface area contributed by atoms with Crippen LogP contribution in [0.15, 0.2) is 24.3 Å². The van der Waals surface area contributed by atoms with Gasteiger partial charge in [0.15, 0.2) is 0 Å². The molecule has 0 aromatic heterocycles. The Morgan fingerprint density at radius 1 is 1.04 bits per heavy atom. The van der Waals surface area contributed by atoms with E-state index >= 15 is 0 Å². The number of carbonyl (C=O) groups excluding carboxylic acids is 3. The van der Waals surface area contributed by atoms with Crippen LogP contribution in [0.5, 0.6) is 0 Å². The van der Waals surface area contributed by atoms with Crippen molar-refractivity contribution in [3.63, 3.8) is 0 Å². The lowest BCUT2D eigenvalue weighted by molar-refractivity contribution is -0.133. The second-order valence-corrected chi connectivity index (χ2v) is 6.91. The van der Waals surface area contributed by atoms with Crippen molar-refractivity contribution >= 4 is 29.3 Å². The third-order valence-electron chi connectivity index (χ3n) is 4.43. The fourth-order valence-electron chi connectivity index (χ4n) is 2.91. The van der Waals surface area contributed by atoms with E-state index < -0.39 is 0 Å². The summed E-state index contributed by atoms with van der Waals surface area (Å²) in [5, 5.41) is 6.18. The van der Waals surface area contributed by atoms with Crippen LogP contribution >= 0.6 is 11.6 Å². The molecule has 8 heteroatoms. The first-order valence-electron chi connectivity index (χ1n) is 9.30. The van der Waals surface area contributed by atoms with E-state index in [0.29, 0.717) is 69.2 Å². The Labute approximate surface area is 165 Å². The minimum absolute atomic E-state index is 0.0219. The van der Waals surface area contributed by atoms with E-state index in [1.165, 1.54) is 0 Å². The molecule has 3 amide bonds. The molecule has 1 aromatic carbocycles. The van der Waals surface area contributed by atoms with Gasteiger partial charge in [0, 0.05) is 56.3 Å². The van der Waals surface area contributed by atoms with Crippen LogP contribution in [-0.2, 0) is 9.59 Å². The van der Waals surface area contributed by atoms with E-state index in [0.717, 1.165) is 0 Å². The number of nitrogens with one attached hydrogen (secondary N) is 2. The third kappa shape index (κ3) is 7.19. The molecule has 2 N–H and O–H groups in total. The van der Waals surface area contributed by atoms with E-state index in [1.807, 2.05) is 11.8 Å². The number of hydrogen-bond acceptors (Lipinski definition) is 4. The summed E-state index contributed by atoms with van der Waals surface area (Å²) in [6.45, 7) is 6.03. The van der Waals surface area contributed by atoms with Crippen molar-refractivity contribution in [2.24, 2.45) is 0 Å². The number of halogens is 1. The highest BCUT2D eigenvalue weighted by Gasteiger charge is 2.21. The number of carbonyl (C=O) groups is 3. The fraction of sp³-hybridized carbons (Fsp3) is 0.526. The smallest absolute Gasteiger partial charge is 0.251 e. The molecular weight excluding hydrogens is 368 g/mol. The minimum Gasteiger partial charge on any atom is -0.355 e. The first-order valence-corrected chi connectivity index (χ1v) is 9.68. The summed E-state index contributed by atoms with van der Waals surface area (Å²) < 4.78 is 0. The van der Waals surface area contributed by atoms with E-state index in [9.17, 15) is 14.4 Å². The molecule has 1 fully saturated rings. The average Bonchev–Trinajstić information content (AvgIpc) is 2.66. The van der Waals surface area contributed by atoms with Gasteiger partial charge in [-0.2, -0.15) is 0 Å². The number of nitrogens with zero attached hydrogens (tertiary/aromatic N) is 2. The van der Waals surface area contributed by atoms with Crippen LogP contribution < -0.4 is 10.6 Å². The summed E-state index contributed by atoms with van der Waals surface area (Å²) in [6.07, 6.45) is 0.995. The van der Waals surface area contributed by atoms with E-state index in [4.69, 9.17) is 11.6 Å². The molecule has 0 aliphatic carbocycles. The molecule has 0 bridgehead atoms. The van der Waals surface area contributed by atoms with Gasteiger partial charge >= 0.3 is 0 Å². The predicted octanol–water partition coefficient (Wildman–Crippen LogP) is 1.13. The number of piperazine rings is 1. The molecule has 0 saturated carbocycles. The molecule has 0 radical (unpaired) electrons. The maximum absolute atomic E-state index is 12.3. The first-order chi connectivity index (χ1) is 13.0. The van der Waals surface area contributed by atoms with Crippen LogP contribution in [0.3, 0.4) is 0 Å². The van der Waals surface area contributed by atoms with Gasteiger partial charge in [-0.15, -0.1) is 0 Å². The summed E-state index contributed by atoms with van der Waals surface area (Å²) in [7, 11) is 0. The highest BCUT2D eigenvalue weighted by Crippen LogP contribution is 2.09. The van der Waals surface area contributed by atoms with E-state index in [2.05, 4.69) is 15.5 Å². The van der Waals surface area contributed by atoms with Crippen LogP contribution in [0, 0.1) is 0 Å². The van der Waals surface area contributed by atoms with Gasteiger partial charge in [0.05, 0.1) is 6.54 Å². The molecule has 1 saturated heterocycles. The van der Waals surface area contributed by atoms with Crippen LogP contribution in [0.25, 0.3) is 0 Å². The fourth-order valence-corrected chi connectivity index (χ4v) is 3.04. The molecule has 1 aromatic rings. The zero-order valence-electron chi connectivity index (χ0n) is 15.7. The van der Waals surface area contributed by atoms with Crippen molar-refractivity contribution in [1.29, 1.82) is 0 Å². The van der Waals surface area contributed by atoms with Gasteiger partial charge in [-0.1, -0.05) is 11.6 Å². The van der Waals surface area contributed by atoms with Gasteiger partial charge in [-0.25, -0.2) is 0 Å². The summed E-state index contributed by atoms with van der Waals surface area (Å²) in [5.74, 6) is -0.0554. The summed E-state index contributed by atoms with van der Waals surface area (Å²) in [5.41, 5.74) is 0.550. The van der Waals surface area contributed by atoms with Gasteiger partial charge in [-0.05, 0) is 37.6 Å². The normalized spacial score (nSPS) is 14.7. The largest absolute Gasteiger partial charge is 0.355 e. The number of rotatable bonds is 8. The predicted molar refractivity (Wildman–Crippen MR) is 105 cm³/mol. The molecular formula is C19H27ClN4O3. The number of benzene rings is 1. The van der Waals surface area contributed by atoms with Crippen LogP contribution in [-0.4, -0.2) is 73.3 Å². The van der Waals surface area contributed by atoms with Crippen LogP contribution in [0.1, 0.15) is 30.1 Å². The molecule has 148 valence electrons. The molecule has 1 aliphatic rings. The Hall–Kier alpha value is -2.12. The Balaban J connectivity index is 1.61. The van der Waals surface area contributed by atoms with Crippen LogP contribution in [0.4, 0.5) is 0 Å². The number of hydrogen-bond donors (Lipinski definition) is 2. The lowest BCUT2D eigenvalue weighted by Crippen LogP contribution is -2.51. The molecule has 7 nitrogen and oxygen atoms in total. The summed E-state index contributed by atoms with van der Waals surface area (Å²) in [6, 6.07) is 6.68. The van der Waals surface area contributed by atoms with Gasteiger partial charge in [0.1, 0.15) is 0 Å². The molecule has 0 atom stereocenters. The molecule has 2 rings (SSSR count). The molecule has 1 aliphatic heterocycles. The Morgan fingerprint density at radius 2 is 1.70 bits per heavy atom. The molecule has 1 heterocycles. The van der Waals surface area contributed by atoms with Crippen molar-refractivity contribution in [2.45, 2.75) is 19.8 Å². The SMILES string of the molecule is CCNC(=O)CN1CCN(C(=O)CCCNC(=O)c2ccc(Cl)cc2)CC1. The topological polar surface area (TPSA) is 81.8 Å². The molecule has 27 heavy (non-hydrogen) atoms. The van der Waals surface area contributed by atoms with Crippen LogP contribution in [0.2, 0.25) is 5.02 Å². The Bertz CT molecular complexity index is 643. The lowest BCUT2D eigenvalue weighted by Gasteiger charge is -2.34. The maximum Gasteiger partial charge on any atom is 0.251 e. The third-order valence-corrected chi connectivity index (χ3v) is 4.68. The van der Waals surface area contributed by atoms with Crippen molar-refractivity contribution in [1.82, 2.24) is 20.4 Å². The van der Waals surface area contributed by atoms with Gasteiger partial charge < -0.3 is 15.5 Å². The van der Waals surface area contributed by atoms with E-state index in [1.54, 1.807) is 24.3 Å². The standard InChI is InChI=1S/C19H27ClN4O3/c1-2-21-17(25)14-23-10-12-24(13-11-23)18(26)4-3-9-22-19(27)15-5-7-16(20)8-6-15/h5-8H,2-4,9-14H2,1H3,(H,21,25)(H,22,27). The highest BCUT2D eigenvalue weighted by atomic mass is 35.5. The van der Waals surface area contributed by atoms with Gasteiger partial charge in [-0.3, -0.25) is 19.3 Å². The zero-order chi connectivity index (χ0) is 19.6. The quantitative estimate of drug-likeness (QED) is 0.647. The second kappa shape index (κ2) is 10.9. The maximum atomic E-state index is 12.3. The number of likely N-dealkylation sites (N-methyl/N-ethyl adjacent to an activating group) is 1. The minimum atomic E-state index is -0.168. The second-order valence-electron chi connectivity index (χ2n) is 6.48. The Morgan fingerprint density at radius 3 is 2.33 bits per heavy atom. The molecule has 0 unspecified atom stereocenters. The average molecular weight is 395 g/mol. The van der Waals surface area contributed by atoms with Gasteiger partial charge in [0.2, 0.25) is 11.8 Å². The summed E-state index contributed by atoms with van der Waals surface area (Å²) >= 11 is 5.80. The lowest BCUT2D eigenvalue weighted by atomic mass is 10.2. The van der Waals surface area contributed by atoms with Crippen molar-refractivity contribution < 1.29 is 14.4 Å². The van der Waals surface area contributed by atoms with Crippen molar-refractivity contribution in [3.8, 4) is 0 Å². The highest BCUT2D eigenvalue weighted by molar-refractivity contribution is 6.30. The number of amides is 3. The molecule has 0 spiro atoms. The van der Waals surface area contributed by atoms with Crippen molar-refractivity contribution in [2.75, 3.05) is 45.8 Å². The summed E-state index contributed by atoms with van der Waals surface area (Å²) in [4.78, 5) is 39.8. The van der Waals surface area contributed by atoms with E-state index in [-0.39, 0.29) is 17.7 Å². The monoisotopic (exact) mass is 394 g/mol. The Kier molecular flexibility index (Phi) is 8.54. The van der Waals surface area contributed by atoms with Gasteiger partial charge in [0.25, 0.3) is 5.91 Å². The van der Waals surface area contributed by atoms with Crippen molar-refractivity contribution in [3.05, 3.63) is 34.9 Å². The first kappa shape index (κ1) is 21.2. The zero-order valence-corrected chi connectivity index (χ0v) is 16.4.